The Morgan fingerprint density at radius 3 is 2.35 bits per heavy atom. The largest absolute Gasteiger partial charge is 0.508 e. The molecule has 0 spiro atoms. The third-order valence-corrected chi connectivity index (χ3v) is 5.55. The quantitative estimate of drug-likeness (QED) is 0.191. The number of nitrogens with zero attached hydrogens (tertiary/aromatic N) is 1. The number of carbonyl (C=O) groups excluding carboxylic acids is 2. The summed E-state index contributed by atoms with van der Waals surface area (Å²) in [5.74, 6) is -0.523. The highest BCUT2D eigenvalue weighted by Crippen LogP contribution is 2.37. The number of halogens is 1. The molecular formula is C28H26ClN3O5. The van der Waals surface area contributed by atoms with Crippen molar-refractivity contribution in [1.29, 1.82) is 5.26 Å². The molecular weight excluding hydrogens is 494 g/mol. The molecule has 9 heteroatoms. The van der Waals surface area contributed by atoms with E-state index in [1.807, 2.05) is 38.1 Å². The van der Waals surface area contributed by atoms with E-state index in [-0.39, 0.29) is 40.4 Å². The minimum absolute atomic E-state index is 0.0529. The lowest BCUT2D eigenvalue weighted by Crippen LogP contribution is -2.20. The maximum atomic E-state index is 12.6. The van der Waals surface area contributed by atoms with Crippen molar-refractivity contribution in [3.05, 3.63) is 81.9 Å². The number of nitriles is 1. The number of ether oxygens (including phenoxy) is 2. The number of aryl methyl sites for hydroxylation is 2. The Hall–Kier alpha value is -4.48. The fourth-order valence-corrected chi connectivity index (χ4v) is 3.56. The summed E-state index contributed by atoms with van der Waals surface area (Å²) >= 11 is 6.43. The molecule has 0 atom stereocenters. The Morgan fingerprint density at radius 2 is 1.70 bits per heavy atom. The lowest BCUT2D eigenvalue weighted by Gasteiger charge is -2.15. The summed E-state index contributed by atoms with van der Waals surface area (Å²) in [6.45, 7) is 5.71. The maximum absolute atomic E-state index is 12.6. The molecule has 2 amide bonds. The Bertz CT molecular complexity index is 1380. The van der Waals surface area contributed by atoms with E-state index in [9.17, 15) is 20.0 Å². The van der Waals surface area contributed by atoms with Crippen molar-refractivity contribution in [2.75, 3.05) is 23.8 Å². The second kappa shape index (κ2) is 12.5. The smallest absolute Gasteiger partial charge is 0.266 e. The standard InChI is InChI=1S/C28H26ClN3O5/c1-4-36-25-14-19(12-20(15-30)28(35)32-21-7-9-23(33)10-8-21)13-24(29)27(25)37-16-26(34)31-22-6-5-17(2)18(3)11-22/h5-14,33H,4,16H2,1-3H3,(H,31,34)(H,32,35)/b20-12+. The minimum atomic E-state index is -0.634. The molecule has 0 bridgehead atoms. The second-order valence-electron chi connectivity index (χ2n) is 8.07. The number of hydrogen-bond donors (Lipinski definition) is 3. The van der Waals surface area contributed by atoms with Gasteiger partial charge in [0.1, 0.15) is 17.4 Å². The predicted molar refractivity (Wildman–Crippen MR) is 143 cm³/mol. The van der Waals surface area contributed by atoms with E-state index in [2.05, 4.69) is 10.6 Å². The zero-order valence-electron chi connectivity index (χ0n) is 20.6. The van der Waals surface area contributed by atoms with Crippen LogP contribution in [0.1, 0.15) is 23.6 Å². The van der Waals surface area contributed by atoms with Gasteiger partial charge in [-0.3, -0.25) is 9.59 Å². The third kappa shape index (κ3) is 7.50. The Kier molecular flexibility index (Phi) is 9.14. The van der Waals surface area contributed by atoms with Crippen molar-refractivity contribution >= 4 is 40.9 Å². The lowest BCUT2D eigenvalue weighted by molar-refractivity contribution is -0.118. The summed E-state index contributed by atoms with van der Waals surface area (Å²) in [6, 6.07) is 16.4. The van der Waals surface area contributed by atoms with Crippen LogP contribution in [-0.2, 0) is 9.59 Å². The van der Waals surface area contributed by atoms with Gasteiger partial charge in [-0.2, -0.15) is 5.26 Å². The number of aromatic hydroxyl groups is 1. The van der Waals surface area contributed by atoms with Gasteiger partial charge in [0.25, 0.3) is 11.8 Å². The first-order valence-electron chi connectivity index (χ1n) is 11.4. The van der Waals surface area contributed by atoms with Gasteiger partial charge in [-0.25, -0.2) is 0 Å². The number of phenols is 1. The molecule has 0 aliphatic heterocycles. The van der Waals surface area contributed by atoms with Crippen LogP contribution in [-0.4, -0.2) is 30.1 Å². The topological polar surface area (TPSA) is 121 Å². The zero-order chi connectivity index (χ0) is 26.9. The van der Waals surface area contributed by atoms with Gasteiger partial charge in [0.15, 0.2) is 18.1 Å². The van der Waals surface area contributed by atoms with Crippen LogP contribution in [0.4, 0.5) is 11.4 Å². The van der Waals surface area contributed by atoms with Gasteiger partial charge in [-0.05, 0) is 92.1 Å². The van der Waals surface area contributed by atoms with Gasteiger partial charge >= 0.3 is 0 Å². The molecule has 3 rings (SSSR count). The van der Waals surface area contributed by atoms with E-state index in [4.69, 9.17) is 21.1 Å². The summed E-state index contributed by atoms with van der Waals surface area (Å²) in [6.07, 6.45) is 1.36. The van der Waals surface area contributed by atoms with Crippen molar-refractivity contribution in [3.63, 3.8) is 0 Å². The van der Waals surface area contributed by atoms with Crippen molar-refractivity contribution in [2.45, 2.75) is 20.8 Å². The monoisotopic (exact) mass is 519 g/mol. The molecule has 3 aromatic rings. The summed E-state index contributed by atoms with van der Waals surface area (Å²) in [7, 11) is 0. The summed E-state index contributed by atoms with van der Waals surface area (Å²) in [4.78, 5) is 25.0. The van der Waals surface area contributed by atoms with Gasteiger partial charge in [-0.1, -0.05) is 17.7 Å². The van der Waals surface area contributed by atoms with E-state index in [0.29, 0.717) is 23.5 Å². The van der Waals surface area contributed by atoms with Crippen LogP contribution < -0.4 is 20.1 Å². The van der Waals surface area contributed by atoms with E-state index < -0.39 is 5.91 Å². The SMILES string of the molecule is CCOc1cc(/C=C(\C#N)C(=O)Nc2ccc(O)cc2)cc(Cl)c1OCC(=O)Nc1ccc(C)c(C)c1. The number of anilines is 2. The molecule has 0 heterocycles. The molecule has 3 N–H and O–H groups in total. The molecule has 37 heavy (non-hydrogen) atoms. The van der Waals surface area contributed by atoms with Gasteiger partial charge in [0.05, 0.1) is 11.6 Å². The molecule has 0 radical (unpaired) electrons. The van der Waals surface area contributed by atoms with E-state index in [0.717, 1.165) is 11.1 Å². The number of benzene rings is 3. The molecule has 8 nitrogen and oxygen atoms in total. The molecule has 0 saturated heterocycles. The minimum Gasteiger partial charge on any atom is -0.508 e. The van der Waals surface area contributed by atoms with Crippen molar-refractivity contribution < 1.29 is 24.2 Å². The van der Waals surface area contributed by atoms with Gasteiger partial charge in [0, 0.05) is 11.4 Å². The average Bonchev–Trinajstić information content (AvgIpc) is 2.85. The van der Waals surface area contributed by atoms with Crippen LogP contribution in [0.5, 0.6) is 17.2 Å². The molecule has 0 unspecified atom stereocenters. The number of amides is 2. The zero-order valence-corrected chi connectivity index (χ0v) is 21.3. The molecule has 190 valence electrons. The number of carbonyl (C=O) groups is 2. The Labute approximate surface area is 220 Å². The lowest BCUT2D eigenvalue weighted by atomic mass is 10.1. The van der Waals surface area contributed by atoms with Crippen LogP contribution in [0.3, 0.4) is 0 Å². The number of phenolic OH excluding ortho intramolecular Hbond substituents is 1. The van der Waals surface area contributed by atoms with Crippen molar-refractivity contribution in [2.24, 2.45) is 0 Å². The molecule has 0 aliphatic carbocycles. The van der Waals surface area contributed by atoms with Gasteiger partial charge in [0.2, 0.25) is 0 Å². The molecule has 0 aromatic heterocycles. The van der Waals surface area contributed by atoms with E-state index >= 15 is 0 Å². The van der Waals surface area contributed by atoms with Crippen molar-refractivity contribution in [3.8, 4) is 23.3 Å². The van der Waals surface area contributed by atoms with Crippen LogP contribution in [0.25, 0.3) is 6.08 Å². The summed E-state index contributed by atoms with van der Waals surface area (Å²) < 4.78 is 11.3. The van der Waals surface area contributed by atoms with Crippen LogP contribution >= 0.6 is 11.6 Å². The number of rotatable bonds is 9. The highest BCUT2D eigenvalue weighted by atomic mass is 35.5. The summed E-state index contributed by atoms with van der Waals surface area (Å²) in [5.41, 5.74) is 3.50. The second-order valence-corrected chi connectivity index (χ2v) is 8.48. The first-order chi connectivity index (χ1) is 17.7. The Morgan fingerprint density at radius 1 is 1.00 bits per heavy atom. The molecule has 3 aromatic carbocycles. The third-order valence-electron chi connectivity index (χ3n) is 5.27. The van der Waals surface area contributed by atoms with Crippen LogP contribution in [0.2, 0.25) is 5.02 Å². The van der Waals surface area contributed by atoms with Crippen molar-refractivity contribution in [1.82, 2.24) is 0 Å². The fourth-order valence-electron chi connectivity index (χ4n) is 3.29. The van der Waals surface area contributed by atoms with Crippen LogP contribution in [0, 0.1) is 25.2 Å². The number of nitrogens with one attached hydrogen (secondary N) is 2. The van der Waals surface area contributed by atoms with Crippen LogP contribution in [0.15, 0.2) is 60.2 Å². The van der Waals surface area contributed by atoms with E-state index in [1.54, 1.807) is 13.0 Å². The van der Waals surface area contributed by atoms with E-state index in [1.165, 1.54) is 36.4 Å². The predicted octanol–water partition coefficient (Wildman–Crippen LogP) is 5.62. The first kappa shape index (κ1) is 27.1. The normalized spacial score (nSPS) is 10.8. The number of hydrogen-bond acceptors (Lipinski definition) is 6. The maximum Gasteiger partial charge on any atom is 0.266 e. The van der Waals surface area contributed by atoms with Gasteiger partial charge in [-0.15, -0.1) is 0 Å². The highest BCUT2D eigenvalue weighted by Gasteiger charge is 2.16. The molecule has 0 saturated carbocycles. The summed E-state index contributed by atoms with van der Waals surface area (Å²) in [5, 5.41) is 24.4. The molecule has 0 aliphatic rings. The highest BCUT2D eigenvalue weighted by molar-refractivity contribution is 6.32. The Balaban J connectivity index is 1.76. The first-order valence-corrected chi connectivity index (χ1v) is 11.8. The molecule has 0 fully saturated rings. The van der Waals surface area contributed by atoms with Gasteiger partial charge < -0.3 is 25.2 Å². The fraction of sp³-hybridized carbons (Fsp3) is 0.179. The average molecular weight is 520 g/mol.